The van der Waals surface area contributed by atoms with Crippen LogP contribution in [-0.4, -0.2) is 24.2 Å². The monoisotopic (exact) mass is 280 g/mol. The Hall–Kier alpha value is -0.750. The molecule has 1 aliphatic rings. The molecule has 96 valence electrons. The Morgan fingerprint density at radius 3 is 3.22 bits per heavy atom. The predicted molar refractivity (Wildman–Crippen MR) is 76.1 cm³/mol. The molecule has 1 N–H and O–H groups in total. The van der Waals surface area contributed by atoms with Gasteiger partial charge in [0, 0.05) is 30.8 Å². The lowest BCUT2D eigenvalue weighted by molar-refractivity contribution is 0.110. The number of thiazole rings is 1. The maximum Gasteiger partial charge on any atom is 0.107 e. The molecule has 1 atom stereocenters. The lowest BCUT2D eigenvalue weighted by Crippen LogP contribution is -2.25. The summed E-state index contributed by atoms with van der Waals surface area (Å²) in [5, 5.41) is 6.68. The summed E-state index contributed by atoms with van der Waals surface area (Å²) in [6, 6.07) is 4.22. The van der Waals surface area contributed by atoms with Gasteiger partial charge < -0.3 is 10.1 Å². The predicted octanol–water partition coefficient (Wildman–Crippen LogP) is 3.14. The van der Waals surface area contributed by atoms with Crippen LogP contribution in [0.3, 0.4) is 0 Å². The maximum absolute atomic E-state index is 5.58. The second kappa shape index (κ2) is 5.93. The zero-order valence-electron chi connectivity index (χ0n) is 10.1. The van der Waals surface area contributed by atoms with E-state index < -0.39 is 0 Å². The van der Waals surface area contributed by atoms with E-state index in [-0.39, 0.29) is 0 Å². The normalized spacial score (nSPS) is 19.4. The number of nitrogens with one attached hydrogen (secondary N) is 1. The van der Waals surface area contributed by atoms with Gasteiger partial charge in [-0.15, -0.1) is 22.7 Å². The third kappa shape index (κ3) is 2.98. The number of nitrogens with zero attached hydrogens (tertiary/aromatic N) is 1. The van der Waals surface area contributed by atoms with E-state index in [0.29, 0.717) is 6.10 Å². The zero-order chi connectivity index (χ0) is 12.2. The van der Waals surface area contributed by atoms with Crippen LogP contribution in [0.4, 0.5) is 0 Å². The molecule has 1 saturated heterocycles. The van der Waals surface area contributed by atoms with Gasteiger partial charge in [0.15, 0.2) is 0 Å². The minimum absolute atomic E-state index is 0.404. The number of thiophene rings is 1. The second-order valence-corrected chi connectivity index (χ2v) is 6.42. The molecule has 0 saturated carbocycles. The molecule has 3 rings (SSSR count). The molecular formula is C13H16N2OS2. The molecule has 5 heteroatoms. The van der Waals surface area contributed by atoms with E-state index in [2.05, 4.69) is 27.8 Å². The number of ether oxygens (including phenoxy) is 1. The van der Waals surface area contributed by atoms with Gasteiger partial charge in [-0.3, -0.25) is 0 Å². The summed E-state index contributed by atoms with van der Waals surface area (Å²) in [5.74, 6) is 0. The molecule has 2 aromatic rings. The highest BCUT2D eigenvalue weighted by molar-refractivity contribution is 7.21. The van der Waals surface area contributed by atoms with E-state index >= 15 is 0 Å². The molecule has 0 aromatic carbocycles. The lowest BCUT2D eigenvalue weighted by atomic mass is 10.2. The van der Waals surface area contributed by atoms with Gasteiger partial charge >= 0.3 is 0 Å². The molecule has 0 spiro atoms. The van der Waals surface area contributed by atoms with Crippen LogP contribution in [0.5, 0.6) is 0 Å². The third-order valence-electron chi connectivity index (χ3n) is 2.99. The second-order valence-electron chi connectivity index (χ2n) is 4.36. The van der Waals surface area contributed by atoms with Crippen LogP contribution in [0.2, 0.25) is 0 Å². The Labute approximate surface area is 115 Å². The van der Waals surface area contributed by atoms with Gasteiger partial charge in [0.1, 0.15) is 5.01 Å². The summed E-state index contributed by atoms with van der Waals surface area (Å²) in [5.41, 5.74) is 0. The minimum Gasteiger partial charge on any atom is -0.377 e. The fraction of sp³-hybridized carbons (Fsp3) is 0.462. The summed E-state index contributed by atoms with van der Waals surface area (Å²) < 4.78 is 5.58. The van der Waals surface area contributed by atoms with Crippen LogP contribution in [0, 0.1) is 0 Å². The van der Waals surface area contributed by atoms with Gasteiger partial charge in [-0.2, -0.15) is 0 Å². The highest BCUT2D eigenvalue weighted by Crippen LogP contribution is 2.29. The van der Waals surface area contributed by atoms with Crippen molar-refractivity contribution in [2.75, 3.05) is 13.2 Å². The van der Waals surface area contributed by atoms with E-state index in [9.17, 15) is 0 Å². The van der Waals surface area contributed by atoms with E-state index in [1.807, 2.05) is 6.20 Å². The van der Waals surface area contributed by atoms with Crippen molar-refractivity contribution in [3.05, 3.63) is 28.7 Å². The van der Waals surface area contributed by atoms with E-state index in [1.165, 1.54) is 22.6 Å². The molecule has 2 aromatic heterocycles. The standard InChI is InChI=1S/C13H16N2OS2/c1-3-10(16-5-1)7-14-9-13-15-8-12(18-13)11-4-2-6-17-11/h2,4,6,8,10,14H,1,3,5,7,9H2. The van der Waals surface area contributed by atoms with Crippen molar-refractivity contribution in [3.63, 3.8) is 0 Å². The van der Waals surface area contributed by atoms with Crippen molar-refractivity contribution in [2.45, 2.75) is 25.5 Å². The molecule has 1 unspecified atom stereocenters. The van der Waals surface area contributed by atoms with Gasteiger partial charge in [-0.25, -0.2) is 4.98 Å². The van der Waals surface area contributed by atoms with Gasteiger partial charge in [-0.05, 0) is 24.3 Å². The number of rotatable bonds is 5. The Morgan fingerprint density at radius 1 is 1.44 bits per heavy atom. The van der Waals surface area contributed by atoms with E-state index in [4.69, 9.17) is 4.74 Å². The van der Waals surface area contributed by atoms with Gasteiger partial charge in [0.25, 0.3) is 0 Å². The van der Waals surface area contributed by atoms with Crippen LogP contribution in [-0.2, 0) is 11.3 Å². The molecular weight excluding hydrogens is 264 g/mol. The average Bonchev–Trinajstić information content (AvgIpc) is 3.12. The van der Waals surface area contributed by atoms with Crippen LogP contribution in [0.1, 0.15) is 17.8 Å². The topological polar surface area (TPSA) is 34.2 Å². The number of aromatic nitrogens is 1. The first-order valence-electron chi connectivity index (χ1n) is 6.23. The van der Waals surface area contributed by atoms with Crippen molar-refractivity contribution >= 4 is 22.7 Å². The van der Waals surface area contributed by atoms with Crippen LogP contribution in [0.25, 0.3) is 9.75 Å². The molecule has 3 heterocycles. The first-order chi connectivity index (χ1) is 8.92. The smallest absolute Gasteiger partial charge is 0.107 e. The van der Waals surface area contributed by atoms with E-state index in [1.54, 1.807) is 22.7 Å². The average molecular weight is 280 g/mol. The molecule has 18 heavy (non-hydrogen) atoms. The zero-order valence-corrected chi connectivity index (χ0v) is 11.7. The maximum atomic E-state index is 5.58. The van der Waals surface area contributed by atoms with Crippen molar-refractivity contribution in [1.82, 2.24) is 10.3 Å². The van der Waals surface area contributed by atoms with Gasteiger partial charge in [0.2, 0.25) is 0 Å². The first kappa shape index (κ1) is 12.3. The number of hydrogen-bond donors (Lipinski definition) is 1. The molecule has 0 radical (unpaired) electrons. The van der Waals surface area contributed by atoms with Crippen LogP contribution in [0.15, 0.2) is 23.7 Å². The summed E-state index contributed by atoms with van der Waals surface area (Å²) in [7, 11) is 0. The Kier molecular flexibility index (Phi) is 4.05. The summed E-state index contributed by atoms with van der Waals surface area (Å²) in [4.78, 5) is 7.02. The highest BCUT2D eigenvalue weighted by Gasteiger charge is 2.14. The Balaban J connectivity index is 1.51. The van der Waals surface area contributed by atoms with Crippen molar-refractivity contribution < 1.29 is 4.74 Å². The molecule has 0 bridgehead atoms. The number of hydrogen-bond acceptors (Lipinski definition) is 5. The molecule has 3 nitrogen and oxygen atoms in total. The Morgan fingerprint density at radius 2 is 2.44 bits per heavy atom. The summed E-state index contributed by atoms with van der Waals surface area (Å²) in [6.45, 7) is 2.70. The summed E-state index contributed by atoms with van der Waals surface area (Å²) >= 11 is 3.53. The van der Waals surface area contributed by atoms with E-state index in [0.717, 1.165) is 24.7 Å². The summed E-state index contributed by atoms with van der Waals surface area (Å²) in [6.07, 6.45) is 4.76. The quantitative estimate of drug-likeness (QED) is 0.913. The molecule has 0 aliphatic carbocycles. The van der Waals surface area contributed by atoms with Gasteiger partial charge in [-0.1, -0.05) is 6.07 Å². The molecule has 0 amide bonds. The van der Waals surface area contributed by atoms with Crippen molar-refractivity contribution in [3.8, 4) is 9.75 Å². The minimum atomic E-state index is 0.404. The fourth-order valence-electron chi connectivity index (χ4n) is 2.07. The largest absolute Gasteiger partial charge is 0.377 e. The van der Waals surface area contributed by atoms with Crippen LogP contribution < -0.4 is 5.32 Å². The fourth-order valence-corrected chi connectivity index (χ4v) is 3.78. The SMILES string of the molecule is c1csc(-c2cnc(CNCC3CCCO3)s2)c1. The lowest BCUT2D eigenvalue weighted by Gasteiger charge is -2.09. The first-order valence-corrected chi connectivity index (χ1v) is 7.92. The highest BCUT2D eigenvalue weighted by atomic mass is 32.1. The molecule has 1 fully saturated rings. The Bertz CT molecular complexity index is 475. The third-order valence-corrected chi connectivity index (χ3v) is 5.05. The van der Waals surface area contributed by atoms with Gasteiger partial charge in [0.05, 0.1) is 11.0 Å². The molecule has 1 aliphatic heterocycles. The van der Waals surface area contributed by atoms with Crippen molar-refractivity contribution in [1.29, 1.82) is 0 Å². The van der Waals surface area contributed by atoms with Crippen LogP contribution >= 0.6 is 22.7 Å². The van der Waals surface area contributed by atoms with Crippen molar-refractivity contribution in [2.24, 2.45) is 0 Å².